The maximum Gasteiger partial charge on any atom is 0.0582 e. The molecule has 1 nitrogen and oxygen atoms in total. The molecule has 1 heteroatoms. The molecule has 0 aromatic rings. The summed E-state index contributed by atoms with van der Waals surface area (Å²) in [5.41, 5.74) is 0. The molecule has 14 heavy (non-hydrogen) atoms. The van der Waals surface area contributed by atoms with Crippen LogP contribution < -0.4 is 0 Å². The van der Waals surface area contributed by atoms with Crippen LogP contribution in [0.2, 0.25) is 0 Å². The molecule has 0 N–H and O–H groups in total. The predicted molar refractivity (Wildman–Crippen MR) is 59.3 cm³/mol. The van der Waals surface area contributed by atoms with Crippen molar-refractivity contribution in [2.75, 3.05) is 0 Å². The Hall–Kier alpha value is -0.0400. The van der Waals surface area contributed by atoms with Gasteiger partial charge in [-0.3, -0.25) is 0 Å². The van der Waals surface area contributed by atoms with Crippen LogP contribution in [0.4, 0.5) is 0 Å². The van der Waals surface area contributed by atoms with E-state index in [4.69, 9.17) is 4.74 Å². The minimum Gasteiger partial charge on any atom is -0.375 e. The van der Waals surface area contributed by atoms with Gasteiger partial charge in [-0.15, -0.1) is 0 Å². The number of ether oxygens (including phenoxy) is 1. The van der Waals surface area contributed by atoms with Crippen LogP contribution in [0.3, 0.4) is 0 Å². The second-order valence-electron chi connectivity index (χ2n) is 5.39. The van der Waals surface area contributed by atoms with E-state index in [2.05, 4.69) is 13.8 Å². The highest BCUT2D eigenvalue weighted by Gasteiger charge is 2.34. The zero-order valence-corrected chi connectivity index (χ0v) is 9.67. The summed E-state index contributed by atoms with van der Waals surface area (Å²) in [7, 11) is 0. The van der Waals surface area contributed by atoms with Gasteiger partial charge in [-0.25, -0.2) is 0 Å². The van der Waals surface area contributed by atoms with Crippen molar-refractivity contribution < 1.29 is 4.74 Å². The van der Waals surface area contributed by atoms with Crippen LogP contribution in [0.1, 0.15) is 58.8 Å². The van der Waals surface area contributed by atoms with Gasteiger partial charge in [0.1, 0.15) is 0 Å². The van der Waals surface area contributed by atoms with Crippen LogP contribution in [0.25, 0.3) is 0 Å². The minimum absolute atomic E-state index is 0.635. The summed E-state index contributed by atoms with van der Waals surface area (Å²) < 4.78 is 5.86. The Morgan fingerprint density at radius 1 is 1.21 bits per heavy atom. The maximum atomic E-state index is 5.86. The smallest absolute Gasteiger partial charge is 0.0582 e. The average molecular weight is 196 g/mol. The molecule has 2 aliphatic heterocycles. The van der Waals surface area contributed by atoms with E-state index in [1.54, 1.807) is 0 Å². The Labute approximate surface area is 88.2 Å². The Morgan fingerprint density at radius 3 is 2.43 bits per heavy atom. The molecular formula is C13H24O. The molecule has 0 spiro atoms. The van der Waals surface area contributed by atoms with E-state index in [-0.39, 0.29) is 0 Å². The SMILES string of the molecule is CCC(C)CCC1CC2CCC(C1)O2. The van der Waals surface area contributed by atoms with Crippen LogP contribution in [0.15, 0.2) is 0 Å². The van der Waals surface area contributed by atoms with E-state index in [1.807, 2.05) is 0 Å². The summed E-state index contributed by atoms with van der Waals surface area (Å²) >= 11 is 0. The number of fused-ring (bicyclic) bond motifs is 2. The van der Waals surface area contributed by atoms with Gasteiger partial charge in [0.15, 0.2) is 0 Å². The Kier molecular flexibility index (Phi) is 3.48. The first kappa shape index (κ1) is 10.5. The van der Waals surface area contributed by atoms with Crippen LogP contribution in [-0.2, 0) is 4.74 Å². The van der Waals surface area contributed by atoms with E-state index >= 15 is 0 Å². The summed E-state index contributed by atoms with van der Waals surface area (Å²) in [6, 6.07) is 0. The predicted octanol–water partition coefficient (Wildman–Crippen LogP) is 3.77. The molecule has 3 atom stereocenters. The van der Waals surface area contributed by atoms with Crippen molar-refractivity contribution in [2.45, 2.75) is 71.0 Å². The number of hydrogen-bond donors (Lipinski definition) is 0. The highest BCUT2D eigenvalue weighted by atomic mass is 16.5. The molecule has 2 bridgehead atoms. The monoisotopic (exact) mass is 196 g/mol. The third kappa shape index (κ3) is 2.50. The van der Waals surface area contributed by atoms with Gasteiger partial charge in [-0.1, -0.05) is 33.1 Å². The van der Waals surface area contributed by atoms with Gasteiger partial charge in [-0.2, -0.15) is 0 Å². The van der Waals surface area contributed by atoms with Gasteiger partial charge in [0, 0.05) is 0 Å². The molecule has 0 radical (unpaired) electrons. The molecule has 0 aromatic heterocycles. The first-order valence-electron chi connectivity index (χ1n) is 6.43. The normalized spacial score (nSPS) is 38.6. The van der Waals surface area contributed by atoms with Gasteiger partial charge in [0.05, 0.1) is 12.2 Å². The first-order valence-corrected chi connectivity index (χ1v) is 6.43. The summed E-state index contributed by atoms with van der Waals surface area (Å²) in [5, 5.41) is 0. The Bertz CT molecular complexity index is 166. The molecular weight excluding hydrogens is 172 g/mol. The van der Waals surface area contributed by atoms with Crippen molar-refractivity contribution in [3.05, 3.63) is 0 Å². The van der Waals surface area contributed by atoms with Gasteiger partial charge in [0.2, 0.25) is 0 Å². The maximum absolute atomic E-state index is 5.86. The number of hydrogen-bond acceptors (Lipinski definition) is 1. The lowest BCUT2D eigenvalue weighted by Crippen LogP contribution is -2.25. The summed E-state index contributed by atoms with van der Waals surface area (Å²) in [5.74, 6) is 1.91. The van der Waals surface area contributed by atoms with E-state index in [1.165, 1.54) is 44.9 Å². The quantitative estimate of drug-likeness (QED) is 0.665. The highest BCUT2D eigenvalue weighted by molar-refractivity contribution is 4.84. The van der Waals surface area contributed by atoms with Crippen LogP contribution in [-0.4, -0.2) is 12.2 Å². The lowest BCUT2D eigenvalue weighted by molar-refractivity contribution is -0.0218. The fourth-order valence-corrected chi connectivity index (χ4v) is 2.93. The zero-order valence-electron chi connectivity index (χ0n) is 9.67. The van der Waals surface area contributed by atoms with Crippen molar-refractivity contribution in [1.29, 1.82) is 0 Å². The molecule has 0 aromatic carbocycles. The Balaban J connectivity index is 1.71. The summed E-state index contributed by atoms with van der Waals surface area (Å²) in [6.45, 7) is 4.69. The molecule has 2 fully saturated rings. The molecule has 82 valence electrons. The second-order valence-corrected chi connectivity index (χ2v) is 5.39. The van der Waals surface area contributed by atoms with Crippen molar-refractivity contribution in [2.24, 2.45) is 11.8 Å². The largest absolute Gasteiger partial charge is 0.375 e. The first-order chi connectivity index (χ1) is 6.78. The fraction of sp³-hybridized carbons (Fsp3) is 1.00. The molecule has 0 amide bonds. The number of rotatable bonds is 4. The molecule has 2 aliphatic rings. The third-order valence-electron chi connectivity index (χ3n) is 4.15. The van der Waals surface area contributed by atoms with E-state index < -0.39 is 0 Å². The highest BCUT2D eigenvalue weighted by Crippen LogP contribution is 2.38. The van der Waals surface area contributed by atoms with Crippen LogP contribution in [0.5, 0.6) is 0 Å². The van der Waals surface area contributed by atoms with Crippen molar-refractivity contribution >= 4 is 0 Å². The van der Waals surface area contributed by atoms with E-state index in [9.17, 15) is 0 Å². The van der Waals surface area contributed by atoms with Crippen LogP contribution in [0, 0.1) is 11.8 Å². The molecule has 3 unspecified atom stereocenters. The molecule has 2 rings (SSSR count). The molecule has 0 aliphatic carbocycles. The minimum atomic E-state index is 0.635. The van der Waals surface area contributed by atoms with E-state index in [0.717, 1.165) is 11.8 Å². The molecule has 0 saturated carbocycles. The molecule has 2 saturated heterocycles. The standard InChI is InChI=1S/C13H24O/c1-3-10(2)4-5-11-8-12-6-7-13(9-11)14-12/h10-13H,3-9H2,1-2H3. The topological polar surface area (TPSA) is 9.23 Å². The van der Waals surface area contributed by atoms with Crippen molar-refractivity contribution in [3.63, 3.8) is 0 Å². The summed E-state index contributed by atoms with van der Waals surface area (Å²) in [6.07, 6.45) is 10.9. The van der Waals surface area contributed by atoms with E-state index in [0.29, 0.717) is 12.2 Å². The van der Waals surface area contributed by atoms with Gasteiger partial charge in [0.25, 0.3) is 0 Å². The third-order valence-corrected chi connectivity index (χ3v) is 4.15. The van der Waals surface area contributed by atoms with Gasteiger partial charge >= 0.3 is 0 Å². The lowest BCUT2D eigenvalue weighted by Gasteiger charge is -2.28. The Morgan fingerprint density at radius 2 is 1.86 bits per heavy atom. The van der Waals surface area contributed by atoms with Crippen molar-refractivity contribution in [3.8, 4) is 0 Å². The zero-order chi connectivity index (χ0) is 9.97. The van der Waals surface area contributed by atoms with Gasteiger partial charge < -0.3 is 4.74 Å². The summed E-state index contributed by atoms with van der Waals surface area (Å²) in [4.78, 5) is 0. The van der Waals surface area contributed by atoms with Gasteiger partial charge in [-0.05, 0) is 37.5 Å². The molecule has 2 heterocycles. The second kappa shape index (κ2) is 4.65. The fourth-order valence-electron chi connectivity index (χ4n) is 2.93. The average Bonchev–Trinajstić information content (AvgIpc) is 2.54. The van der Waals surface area contributed by atoms with Crippen molar-refractivity contribution in [1.82, 2.24) is 0 Å². The van der Waals surface area contributed by atoms with Crippen LogP contribution >= 0.6 is 0 Å². The lowest BCUT2D eigenvalue weighted by atomic mass is 9.88.